The Labute approximate surface area is 93.5 Å². The molecule has 0 aliphatic heterocycles. The van der Waals surface area contributed by atoms with Gasteiger partial charge in [-0.3, -0.25) is 24.0 Å². The minimum absolute atomic E-state index is 0.222. The van der Waals surface area contributed by atoms with Crippen LogP contribution >= 0.6 is 0 Å². The molecule has 0 aliphatic rings. The Morgan fingerprint density at radius 2 is 0.714 bits per heavy atom. The minimum Gasteiger partial charge on any atom is -0.281 e. The van der Waals surface area contributed by atoms with Crippen LogP contribution < -0.4 is 0 Å². The van der Waals surface area contributed by atoms with Gasteiger partial charge in [-0.05, 0) is 0 Å². The van der Waals surface area contributed by atoms with E-state index in [0.29, 0.717) is 0 Å². The summed E-state index contributed by atoms with van der Waals surface area (Å²) in [5, 5.41) is 0. The van der Waals surface area contributed by atoms with E-state index in [1.807, 2.05) is 0 Å². The van der Waals surface area contributed by atoms with E-state index in [2.05, 4.69) is 33.9 Å². The second-order valence-corrected chi connectivity index (χ2v) is 2.38. The Balaban J connectivity index is -0.0000000143. The molecule has 0 atom stereocenters. The summed E-state index contributed by atoms with van der Waals surface area (Å²) >= 11 is 1.20. The fraction of sp³-hybridized carbons (Fsp3) is 0.143. The van der Waals surface area contributed by atoms with Gasteiger partial charge >= 0.3 is 35.2 Å². The van der Waals surface area contributed by atoms with E-state index in [4.69, 9.17) is 24.0 Å². The summed E-state index contributed by atoms with van der Waals surface area (Å²) in [5.41, 5.74) is 0. The van der Waals surface area contributed by atoms with Gasteiger partial charge in [0.1, 0.15) is 0 Å². The van der Waals surface area contributed by atoms with Crippen molar-refractivity contribution in [1.29, 1.82) is 0 Å². The van der Waals surface area contributed by atoms with Crippen LogP contribution in [0.1, 0.15) is 6.92 Å². The van der Waals surface area contributed by atoms with Crippen molar-refractivity contribution in [2.24, 2.45) is 0 Å². The molecular weight excluding hydrogens is 366 g/mol. The predicted molar refractivity (Wildman–Crippen MR) is 39.1 cm³/mol. The fourth-order valence-corrected chi connectivity index (χ4v) is 0. The largest absolute Gasteiger partial charge is 0.281 e. The average molecular weight is 369 g/mol. The minimum atomic E-state index is 0.222. The van der Waals surface area contributed by atoms with E-state index in [1.165, 1.54) is 19.2 Å². The number of carbonyl (C=O) groups is 1. The second-order valence-electron chi connectivity index (χ2n) is 0.470. The zero-order valence-electron chi connectivity index (χ0n) is 6.83. The molecule has 74 valence electrons. The molecule has 0 amide bonds. The first kappa shape index (κ1) is 38.8. The van der Waals surface area contributed by atoms with Crippen LogP contribution in [0, 0.1) is 0 Å². The molecule has 0 spiro atoms. The van der Waals surface area contributed by atoms with Gasteiger partial charge in [0.05, 0.1) is 0 Å². The molecule has 0 aromatic carbocycles. The molecule has 0 N–H and O–H groups in total. The number of rotatable bonds is 0. The summed E-state index contributed by atoms with van der Waals surface area (Å²) in [6.07, 6.45) is 0. The molecule has 6 nitrogen and oxygen atoms in total. The Kier molecular flexibility index (Phi) is 1300. The standard InChI is InChI=1S/C2H3O.5CO.Re/c1-2-3;5*1-2;/h1H3;;;;;;. The number of hydrogen-bond donors (Lipinski definition) is 0. The third-order valence-corrected chi connectivity index (χ3v) is 0. The molecule has 0 bridgehead atoms. The number of carbonyl (C=O) groups excluding carboxylic acids is 6. The van der Waals surface area contributed by atoms with Gasteiger partial charge in [0.15, 0.2) is 0 Å². The normalized spacial score (nSPS) is 3.29. The molecule has 0 unspecified atom stereocenters. The van der Waals surface area contributed by atoms with Crippen LogP contribution in [0.5, 0.6) is 0 Å². The second kappa shape index (κ2) is 471. The van der Waals surface area contributed by atoms with E-state index in [9.17, 15) is 4.79 Å². The first-order chi connectivity index (χ1) is 6.73. The van der Waals surface area contributed by atoms with Gasteiger partial charge in [-0.15, -0.1) is 0 Å². The van der Waals surface area contributed by atoms with Crippen LogP contribution in [-0.2, 0) is 48.0 Å². The van der Waals surface area contributed by atoms with E-state index in [1.54, 1.807) is 6.92 Å². The van der Waals surface area contributed by atoms with Crippen molar-refractivity contribution >= 4 is 38.2 Å². The topological polar surface area (TPSA) is 102 Å². The van der Waals surface area contributed by atoms with Crippen molar-refractivity contribution < 1.29 is 48.0 Å². The molecular formula is C7H3O6Re. The molecule has 0 aliphatic carbocycles. The van der Waals surface area contributed by atoms with Gasteiger partial charge in [0, 0.05) is 0 Å². The van der Waals surface area contributed by atoms with E-state index in [-0.39, 0.29) is 4.26 Å². The van der Waals surface area contributed by atoms with Crippen molar-refractivity contribution in [3.8, 4) is 0 Å². The predicted octanol–water partition coefficient (Wildman–Crippen LogP) is -1.91. The molecule has 14 heavy (non-hydrogen) atoms. The summed E-state index contributed by atoms with van der Waals surface area (Å²) in [6.45, 7) is 24.1. The van der Waals surface area contributed by atoms with Crippen molar-refractivity contribution in [3.63, 3.8) is 0 Å². The quantitative estimate of drug-likeness (QED) is 0.494. The molecule has 0 rings (SSSR count). The summed E-state index contributed by atoms with van der Waals surface area (Å²) in [4.78, 5) is 47.0. The Hall–Kier alpha value is -1.32. The van der Waals surface area contributed by atoms with Crippen molar-refractivity contribution in [2.45, 2.75) is 6.92 Å². The Bertz CT molecular complexity index is 74.6. The molecule has 0 aromatic rings. The van der Waals surface area contributed by atoms with E-state index in [0.717, 1.165) is 0 Å². The van der Waals surface area contributed by atoms with Gasteiger partial charge in [-0.1, -0.05) is 0 Å². The third kappa shape index (κ3) is 577. The smallest absolute Gasteiger partial charge is 0.281 e. The maximum Gasteiger partial charge on any atom is 0.281 e. The van der Waals surface area contributed by atoms with Gasteiger partial charge < -0.3 is 0 Å². The maximum absolute atomic E-state index is 9.47. The van der Waals surface area contributed by atoms with Crippen LogP contribution in [0.15, 0.2) is 0 Å². The summed E-state index contributed by atoms with van der Waals surface area (Å²) in [7, 11) is 0. The molecule has 0 saturated carbocycles. The number of hydrogen-bond acceptors (Lipinski definition) is 6. The van der Waals surface area contributed by atoms with Crippen molar-refractivity contribution in [3.05, 3.63) is 0 Å². The Morgan fingerprint density at radius 1 is 0.714 bits per heavy atom. The summed E-state index contributed by atoms with van der Waals surface area (Å²) in [5.74, 6) is 0. The zero-order chi connectivity index (χ0) is 13.6. The van der Waals surface area contributed by atoms with Gasteiger partial charge in [0.2, 0.25) is 0 Å². The maximum atomic E-state index is 9.47. The summed E-state index contributed by atoms with van der Waals surface area (Å²) < 4.78 is 0.222. The van der Waals surface area contributed by atoms with Gasteiger partial charge in [-0.2, -0.15) is 0 Å². The third-order valence-electron chi connectivity index (χ3n) is 0. The van der Waals surface area contributed by atoms with Gasteiger partial charge in [0.25, 0.3) is 33.9 Å². The van der Waals surface area contributed by atoms with Crippen LogP contribution in [0.25, 0.3) is 0 Å². The van der Waals surface area contributed by atoms with Crippen LogP contribution in [-0.4, -0.2) is 38.2 Å². The summed E-state index contributed by atoms with van der Waals surface area (Å²) in [6, 6.07) is 0. The molecule has 10 radical (unpaired) electrons. The zero-order valence-corrected chi connectivity index (χ0v) is 9.54. The fourth-order valence-electron chi connectivity index (χ4n) is 0. The SMILES string of the molecule is C[C](=O)[Re].[C]=O.[C]=O.[C]=O.[C]=O.[C]=O. The molecule has 0 fully saturated rings. The molecule has 0 aromatic heterocycles. The first-order valence-electron chi connectivity index (χ1n) is 1.91. The van der Waals surface area contributed by atoms with Crippen molar-refractivity contribution in [1.82, 2.24) is 0 Å². The Morgan fingerprint density at radius 3 is 0.714 bits per heavy atom. The molecule has 0 saturated heterocycles. The van der Waals surface area contributed by atoms with Crippen LogP contribution in [0.2, 0.25) is 0 Å². The van der Waals surface area contributed by atoms with Crippen molar-refractivity contribution in [2.75, 3.05) is 0 Å². The van der Waals surface area contributed by atoms with Gasteiger partial charge in [-0.25, -0.2) is 0 Å². The van der Waals surface area contributed by atoms with E-state index >= 15 is 0 Å². The molecule has 7 heteroatoms. The molecule has 0 heterocycles. The average Bonchev–Trinajstić information content (AvgIpc) is 2.30. The van der Waals surface area contributed by atoms with Crippen LogP contribution in [0.3, 0.4) is 0 Å². The van der Waals surface area contributed by atoms with E-state index < -0.39 is 0 Å². The van der Waals surface area contributed by atoms with Crippen LogP contribution in [0.4, 0.5) is 0 Å². The monoisotopic (exact) mass is 370 g/mol. The first-order valence-corrected chi connectivity index (χ1v) is 3.27.